The van der Waals surface area contributed by atoms with Gasteiger partial charge in [-0.2, -0.15) is 0 Å². The minimum atomic E-state index is -3.84. The standard InChI is InChI=1S/C19H17Cl2NO4S/c20-17-7-2-8-18(21)19(17)27(23,24)22-11-14-4-1-5-15(10-14)12-25-13-16-6-3-9-26-16/h1-10,22H,11-13H2. The second-order valence-corrected chi connectivity index (χ2v) is 8.29. The number of halogens is 2. The molecule has 2 aromatic carbocycles. The number of hydrogen-bond donors (Lipinski definition) is 1. The molecule has 0 saturated heterocycles. The van der Waals surface area contributed by atoms with Gasteiger partial charge < -0.3 is 9.15 Å². The van der Waals surface area contributed by atoms with Gasteiger partial charge in [-0.25, -0.2) is 13.1 Å². The molecule has 0 amide bonds. The van der Waals surface area contributed by atoms with E-state index in [-0.39, 0.29) is 21.5 Å². The minimum Gasteiger partial charge on any atom is -0.467 e. The van der Waals surface area contributed by atoms with Crippen molar-refractivity contribution < 1.29 is 17.6 Å². The average molecular weight is 426 g/mol. The van der Waals surface area contributed by atoms with Gasteiger partial charge in [0.15, 0.2) is 0 Å². The summed E-state index contributed by atoms with van der Waals surface area (Å²) in [5.41, 5.74) is 1.72. The summed E-state index contributed by atoms with van der Waals surface area (Å²) < 4.78 is 38.4. The molecule has 0 unspecified atom stereocenters. The van der Waals surface area contributed by atoms with Crippen molar-refractivity contribution in [1.29, 1.82) is 0 Å². The van der Waals surface area contributed by atoms with Crippen LogP contribution in [0.15, 0.2) is 70.2 Å². The lowest BCUT2D eigenvalue weighted by Gasteiger charge is -2.11. The summed E-state index contributed by atoms with van der Waals surface area (Å²) in [5, 5.41) is 0.158. The van der Waals surface area contributed by atoms with Crippen LogP contribution in [0.1, 0.15) is 16.9 Å². The Balaban J connectivity index is 1.62. The number of nitrogens with one attached hydrogen (secondary N) is 1. The minimum absolute atomic E-state index is 0.0788. The zero-order valence-electron chi connectivity index (χ0n) is 14.2. The topological polar surface area (TPSA) is 68.5 Å². The number of benzene rings is 2. The van der Waals surface area contributed by atoms with Gasteiger partial charge in [0.25, 0.3) is 0 Å². The number of furan rings is 1. The molecule has 1 N–H and O–H groups in total. The summed E-state index contributed by atoms with van der Waals surface area (Å²) in [5.74, 6) is 0.746. The molecule has 0 aliphatic heterocycles. The van der Waals surface area contributed by atoms with E-state index >= 15 is 0 Å². The third-order valence-electron chi connectivity index (χ3n) is 3.74. The van der Waals surface area contributed by atoms with Crippen molar-refractivity contribution in [3.8, 4) is 0 Å². The Bertz CT molecular complexity index is 984. The predicted molar refractivity (Wildman–Crippen MR) is 104 cm³/mol. The number of rotatable bonds is 8. The average Bonchev–Trinajstić information content (AvgIpc) is 3.14. The van der Waals surface area contributed by atoms with Gasteiger partial charge >= 0.3 is 0 Å². The van der Waals surface area contributed by atoms with E-state index in [1.807, 2.05) is 30.3 Å². The summed E-state index contributed by atoms with van der Waals surface area (Å²) in [6.45, 7) is 0.863. The molecule has 0 aliphatic carbocycles. The third kappa shape index (κ3) is 5.34. The molecule has 0 aliphatic rings. The lowest BCUT2D eigenvalue weighted by molar-refractivity contribution is 0.0929. The molecule has 0 fully saturated rings. The van der Waals surface area contributed by atoms with Crippen molar-refractivity contribution in [3.63, 3.8) is 0 Å². The first-order valence-corrected chi connectivity index (χ1v) is 10.3. The van der Waals surface area contributed by atoms with E-state index in [0.29, 0.717) is 13.2 Å². The molecule has 0 atom stereocenters. The van der Waals surface area contributed by atoms with Crippen LogP contribution in [-0.2, 0) is 34.5 Å². The van der Waals surface area contributed by atoms with Crippen LogP contribution in [0.5, 0.6) is 0 Å². The van der Waals surface area contributed by atoms with Crippen LogP contribution < -0.4 is 4.72 Å². The van der Waals surface area contributed by atoms with Crippen LogP contribution in [0.25, 0.3) is 0 Å². The Labute approximate surface area is 167 Å². The zero-order chi connectivity index (χ0) is 19.3. The van der Waals surface area contributed by atoms with E-state index in [1.165, 1.54) is 12.1 Å². The maximum Gasteiger partial charge on any atom is 0.243 e. The van der Waals surface area contributed by atoms with Crippen molar-refractivity contribution in [2.24, 2.45) is 0 Å². The molecule has 5 nitrogen and oxygen atoms in total. The fourth-order valence-electron chi connectivity index (χ4n) is 2.48. The SMILES string of the molecule is O=S(=O)(NCc1cccc(COCc2ccco2)c1)c1c(Cl)cccc1Cl. The van der Waals surface area contributed by atoms with Crippen LogP contribution in [0.4, 0.5) is 0 Å². The maximum atomic E-state index is 12.5. The first kappa shape index (κ1) is 19.9. The lowest BCUT2D eigenvalue weighted by atomic mass is 10.1. The Morgan fingerprint density at radius 2 is 1.63 bits per heavy atom. The molecule has 0 radical (unpaired) electrons. The highest BCUT2D eigenvalue weighted by molar-refractivity contribution is 7.89. The van der Waals surface area contributed by atoms with E-state index in [0.717, 1.165) is 16.9 Å². The van der Waals surface area contributed by atoms with Crippen LogP contribution in [0.2, 0.25) is 10.0 Å². The molecule has 27 heavy (non-hydrogen) atoms. The third-order valence-corrected chi connectivity index (χ3v) is 6.09. The zero-order valence-corrected chi connectivity index (χ0v) is 16.5. The second kappa shape index (κ2) is 8.91. The predicted octanol–water partition coefficient (Wildman–Crippen LogP) is 4.78. The summed E-state index contributed by atoms with van der Waals surface area (Å²) in [7, 11) is -3.84. The molecule has 0 bridgehead atoms. The van der Waals surface area contributed by atoms with Crippen molar-refractivity contribution in [1.82, 2.24) is 4.72 Å². The number of hydrogen-bond acceptors (Lipinski definition) is 4. The number of sulfonamides is 1. The molecule has 0 spiro atoms. The van der Waals surface area contributed by atoms with E-state index in [1.54, 1.807) is 18.4 Å². The smallest absolute Gasteiger partial charge is 0.243 e. The largest absolute Gasteiger partial charge is 0.467 e. The summed E-state index contributed by atoms with van der Waals surface area (Å²) >= 11 is 12.0. The summed E-state index contributed by atoms with van der Waals surface area (Å²) in [6.07, 6.45) is 1.59. The molecule has 0 saturated carbocycles. The molecule has 8 heteroatoms. The van der Waals surface area contributed by atoms with Gasteiger partial charge in [-0.05, 0) is 35.4 Å². The Morgan fingerprint density at radius 3 is 2.33 bits per heavy atom. The van der Waals surface area contributed by atoms with Gasteiger partial charge in [-0.3, -0.25) is 0 Å². The maximum absolute atomic E-state index is 12.5. The van der Waals surface area contributed by atoms with Gasteiger partial charge in [0, 0.05) is 6.54 Å². The lowest BCUT2D eigenvalue weighted by Crippen LogP contribution is -2.24. The molecule has 3 rings (SSSR count). The Hall–Kier alpha value is -1.83. The monoisotopic (exact) mass is 425 g/mol. The van der Waals surface area contributed by atoms with E-state index in [2.05, 4.69) is 4.72 Å². The van der Waals surface area contributed by atoms with Gasteiger partial charge in [-0.15, -0.1) is 0 Å². The molecule has 1 heterocycles. The van der Waals surface area contributed by atoms with E-state index in [9.17, 15) is 8.42 Å². The molecular formula is C19H17Cl2NO4S. The van der Waals surface area contributed by atoms with Gasteiger partial charge in [0.1, 0.15) is 17.3 Å². The van der Waals surface area contributed by atoms with Crippen molar-refractivity contribution in [2.75, 3.05) is 0 Å². The van der Waals surface area contributed by atoms with Gasteiger partial charge in [-0.1, -0.05) is 53.5 Å². The van der Waals surface area contributed by atoms with E-state index in [4.69, 9.17) is 32.4 Å². The van der Waals surface area contributed by atoms with Crippen molar-refractivity contribution in [3.05, 3.63) is 87.8 Å². The second-order valence-electron chi connectivity index (χ2n) is 5.77. The van der Waals surface area contributed by atoms with Crippen LogP contribution in [0, 0.1) is 0 Å². The number of ether oxygens (including phenoxy) is 1. The first-order chi connectivity index (χ1) is 13.0. The molecular weight excluding hydrogens is 409 g/mol. The van der Waals surface area contributed by atoms with E-state index < -0.39 is 10.0 Å². The molecule has 142 valence electrons. The van der Waals surface area contributed by atoms with Crippen molar-refractivity contribution >= 4 is 33.2 Å². The fraction of sp³-hybridized carbons (Fsp3) is 0.158. The van der Waals surface area contributed by atoms with Crippen LogP contribution in [0.3, 0.4) is 0 Å². The van der Waals surface area contributed by atoms with Crippen LogP contribution >= 0.6 is 23.2 Å². The molecule has 3 aromatic rings. The Kier molecular flexibility index (Phi) is 6.57. The van der Waals surface area contributed by atoms with Gasteiger partial charge in [0.05, 0.1) is 22.9 Å². The highest BCUT2D eigenvalue weighted by atomic mass is 35.5. The van der Waals surface area contributed by atoms with Crippen LogP contribution in [-0.4, -0.2) is 8.42 Å². The summed E-state index contributed by atoms with van der Waals surface area (Å²) in [6, 6.07) is 15.7. The van der Waals surface area contributed by atoms with Gasteiger partial charge in [0.2, 0.25) is 10.0 Å². The quantitative estimate of drug-likeness (QED) is 0.563. The molecule has 1 aromatic heterocycles. The van der Waals surface area contributed by atoms with Crippen molar-refractivity contribution in [2.45, 2.75) is 24.7 Å². The summed E-state index contributed by atoms with van der Waals surface area (Å²) in [4.78, 5) is -0.119. The highest BCUT2D eigenvalue weighted by Crippen LogP contribution is 2.28. The fourth-order valence-corrected chi connectivity index (χ4v) is 4.64. The Morgan fingerprint density at radius 1 is 0.926 bits per heavy atom. The first-order valence-electron chi connectivity index (χ1n) is 8.07. The normalized spacial score (nSPS) is 11.6. The highest BCUT2D eigenvalue weighted by Gasteiger charge is 2.21.